The number of rotatable bonds is 4. The number of nitrogens with zero attached hydrogens (tertiary/aromatic N) is 1. The van der Waals surface area contributed by atoms with E-state index in [1.54, 1.807) is 13.3 Å². The van der Waals surface area contributed by atoms with Crippen LogP contribution in [0.15, 0.2) is 30.5 Å². The second-order valence-electron chi connectivity index (χ2n) is 6.11. The zero-order chi connectivity index (χ0) is 15.8. The quantitative estimate of drug-likeness (QED) is 0.904. The van der Waals surface area contributed by atoms with Gasteiger partial charge in [0.2, 0.25) is 5.88 Å². The molecule has 2 saturated heterocycles. The maximum absolute atomic E-state index is 12.5. The molecular weight excluding hydrogens is 310 g/mol. The lowest BCUT2D eigenvalue weighted by Gasteiger charge is -2.20. The third-order valence-corrected chi connectivity index (χ3v) is 5.81. The SMILES string of the molecule is COc1cc(-c2ccc(C(=O)N[C@@H]3C[C@H]4CC[C@@H]3N4)s2)ccn1. The molecule has 4 rings (SSSR count). The van der Waals surface area contributed by atoms with Crippen molar-refractivity contribution in [1.82, 2.24) is 15.6 Å². The van der Waals surface area contributed by atoms with Crippen LogP contribution in [0.4, 0.5) is 0 Å². The summed E-state index contributed by atoms with van der Waals surface area (Å²) in [5, 5.41) is 6.73. The number of fused-ring (bicyclic) bond motifs is 2. The van der Waals surface area contributed by atoms with Gasteiger partial charge in [-0.2, -0.15) is 0 Å². The lowest BCUT2D eigenvalue weighted by molar-refractivity contribution is 0.0935. The monoisotopic (exact) mass is 329 g/mol. The van der Waals surface area contributed by atoms with E-state index in [-0.39, 0.29) is 11.9 Å². The topological polar surface area (TPSA) is 63.2 Å². The summed E-state index contributed by atoms with van der Waals surface area (Å²) in [7, 11) is 1.60. The molecule has 3 atom stereocenters. The van der Waals surface area contributed by atoms with E-state index < -0.39 is 0 Å². The molecule has 120 valence electrons. The van der Waals surface area contributed by atoms with Crippen molar-refractivity contribution in [2.45, 2.75) is 37.4 Å². The average molecular weight is 329 g/mol. The highest BCUT2D eigenvalue weighted by atomic mass is 32.1. The van der Waals surface area contributed by atoms with Gasteiger partial charge in [-0.15, -0.1) is 11.3 Å². The van der Waals surface area contributed by atoms with Gasteiger partial charge in [0.25, 0.3) is 5.91 Å². The van der Waals surface area contributed by atoms with Gasteiger partial charge in [0.05, 0.1) is 12.0 Å². The smallest absolute Gasteiger partial charge is 0.261 e. The molecule has 23 heavy (non-hydrogen) atoms. The number of nitrogens with one attached hydrogen (secondary N) is 2. The van der Waals surface area contributed by atoms with Crippen LogP contribution >= 0.6 is 11.3 Å². The average Bonchev–Trinajstić information content (AvgIpc) is 3.31. The number of ether oxygens (including phenoxy) is 1. The highest BCUT2D eigenvalue weighted by molar-refractivity contribution is 7.17. The summed E-state index contributed by atoms with van der Waals surface area (Å²) in [6, 6.07) is 8.99. The van der Waals surface area contributed by atoms with Crippen LogP contribution in [-0.4, -0.2) is 36.1 Å². The Hall–Kier alpha value is -1.92. The van der Waals surface area contributed by atoms with Crippen LogP contribution in [0.5, 0.6) is 5.88 Å². The first-order valence-electron chi connectivity index (χ1n) is 7.90. The molecule has 2 aromatic rings. The van der Waals surface area contributed by atoms with Crippen LogP contribution in [0.2, 0.25) is 0 Å². The summed E-state index contributed by atoms with van der Waals surface area (Å²) in [6.45, 7) is 0. The Balaban J connectivity index is 1.47. The number of carbonyl (C=O) groups is 1. The molecule has 2 aliphatic heterocycles. The van der Waals surface area contributed by atoms with Gasteiger partial charge >= 0.3 is 0 Å². The molecule has 0 radical (unpaired) electrons. The van der Waals surface area contributed by atoms with Crippen molar-refractivity contribution in [1.29, 1.82) is 0 Å². The Labute approximate surface area is 139 Å². The zero-order valence-corrected chi connectivity index (χ0v) is 13.7. The second kappa shape index (κ2) is 5.94. The molecule has 1 amide bonds. The van der Waals surface area contributed by atoms with E-state index in [9.17, 15) is 4.79 Å². The predicted octanol–water partition coefficient (Wildman–Crippen LogP) is 2.44. The number of aromatic nitrogens is 1. The van der Waals surface area contributed by atoms with E-state index in [1.807, 2.05) is 24.3 Å². The molecule has 0 aliphatic carbocycles. The summed E-state index contributed by atoms with van der Waals surface area (Å²) in [5.74, 6) is 0.608. The molecule has 2 N–H and O–H groups in total. The molecule has 5 nitrogen and oxygen atoms in total. The minimum absolute atomic E-state index is 0.0293. The van der Waals surface area contributed by atoms with E-state index in [2.05, 4.69) is 15.6 Å². The molecule has 2 aromatic heterocycles. The second-order valence-corrected chi connectivity index (χ2v) is 7.20. The summed E-state index contributed by atoms with van der Waals surface area (Å²) in [6.07, 6.45) is 5.18. The summed E-state index contributed by atoms with van der Waals surface area (Å²) in [5.41, 5.74) is 1.02. The standard InChI is InChI=1S/C17H19N3O2S/c1-22-16-8-10(6-7-18-16)14-4-5-15(23-14)17(21)20-13-9-11-2-3-12(13)19-11/h4-8,11-13,19H,2-3,9H2,1H3,(H,20,21)/t11-,12+,13-/m1/s1. The molecule has 4 heterocycles. The van der Waals surface area contributed by atoms with Gasteiger partial charge in [-0.05, 0) is 43.0 Å². The van der Waals surface area contributed by atoms with Crippen molar-refractivity contribution in [3.63, 3.8) is 0 Å². The largest absolute Gasteiger partial charge is 0.481 e. The van der Waals surface area contributed by atoms with E-state index in [0.717, 1.165) is 21.7 Å². The van der Waals surface area contributed by atoms with E-state index in [0.29, 0.717) is 18.0 Å². The maximum atomic E-state index is 12.5. The number of hydrogen-bond acceptors (Lipinski definition) is 5. The van der Waals surface area contributed by atoms with Crippen LogP contribution in [0, 0.1) is 0 Å². The molecule has 6 heteroatoms. The molecule has 0 aromatic carbocycles. The Morgan fingerprint density at radius 3 is 3.04 bits per heavy atom. The number of thiophene rings is 1. The molecule has 0 saturated carbocycles. The lowest BCUT2D eigenvalue weighted by Crippen LogP contribution is -2.42. The summed E-state index contributed by atoms with van der Waals surface area (Å²) < 4.78 is 5.15. The first kappa shape index (κ1) is 14.7. The molecule has 2 fully saturated rings. The first-order chi connectivity index (χ1) is 11.2. The highest BCUT2D eigenvalue weighted by Crippen LogP contribution is 2.31. The van der Waals surface area contributed by atoms with Gasteiger partial charge in [-0.25, -0.2) is 4.98 Å². The van der Waals surface area contributed by atoms with Gasteiger partial charge in [0.15, 0.2) is 0 Å². The van der Waals surface area contributed by atoms with Crippen molar-refractivity contribution < 1.29 is 9.53 Å². The van der Waals surface area contributed by atoms with Crippen LogP contribution in [0.3, 0.4) is 0 Å². The summed E-state index contributed by atoms with van der Waals surface area (Å²) >= 11 is 1.50. The van der Waals surface area contributed by atoms with Gasteiger partial charge in [-0.1, -0.05) is 0 Å². The minimum atomic E-state index is 0.0293. The van der Waals surface area contributed by atoms with E-state index in [4.69, 9.17) is 4.74 Å². The fourth-order valence-corrected chi connectivity index (χ4v) is 4.42. The van der Waals surface area contributed by atoms with Crippen molar-refractivity contribution in [3.8, 4) is 16.3 Å². The van der Waals surface area contributed by atoms with Gasteiger partial charge in [0, 0.05) is 35.3 Å². The number of hydrogen-bond donors (Lipinski definition) is 2. The van der Waals surface area contributed by atoms with Crippen LogP contribution in [0.25, 0.3) is 10.4 Å². The maximum Gasteiger partial charge on any atom is 0.261 e. The molecule has 2 bridgehead atoms. The molecule has 0 unspecified atom stereocenters. The fourth-order valence-electron chi connectivity index (χ4n) is 3.51. The number of pyridine rings is 1. The number of amides is 1. The third kappa shape index (κ3) is 2.84. The van der Waals surface area contributed by atoms with Crippen LogP contribution in [0.1, 0.15) is 28.9 Å². The Morgan fingerprint density at radius 1 is 1.39 bits per heavy atom. The van der Waals surface area contributed by atoms with Crippen molar-refractivity contribution in [2.75, 3.05) is 7.11 Å². The summed E-state index contributed by atoms with van der Waals surface area (Å²) in [4.78, 5) is 18.4. The molecule has 2 aliphatic rings. The van der Waals surface area contributed by atoms with Crippen LogP contribution < -0.4 is 15.4 Å². The van der Waals surface area contributed by atoms with E-state index >= 15 is 0 Å². The minimum Gasteiger partial charge on any atom is -0.481 e. The van der Waals surface area contributed by atoms with E-state index in [1.165, 1.54) is 24.2 Å². The molecule has 0 spiro atoms. The Bertz CT molecular complexity index is 730. The Morgan fingerprint density at radius 2 is 2.30 bits per heavy atom. The first-order valence-corrected chi connectivity index (χ1v) is 8.72. The molecular formula is C17H19N3O2S. The number of carbonyl (C=O) groups excluding carboxylic acids is 1. The lowest BCUT2D eigenvalue weighted by atomic mass is 9.95. The van der Waals surface area contributed by atoms with Gasteiger partial charge < -0.3 is 15.4 Å². The van der Waals surface area contributed by atoms with Crippen molar-refractivity contribution >= 4 is 17.2 Å². The normalized spacial score (nSPS) is 25.5. The Kier molecular flexibility index (Phi) is 3.79. The van der Waals surface area contributed by atoms with Crippen LogP contribution in [-0.2, 0) is 0 Å². The fraction of sp³-hybridized carbons (Fsp3) is 0.412. The van der Waals surface area contributed by atoms with Gasteiger partial charge in [-0.3, -0.25) is 4.79 Å². The third-order valence-electron chi connectivity index (χ3n) is 4.67. The number of methoxy groups -OCH3 is 1. The van der Waals surface area contributed by atoms with Crippen molar-refractivity contribution in [3.05, 3.63) is 35.3 Å². The predicted molar refractivity (Wildman–Crippen MR) is 89.9 cm³/mol. The van der Waals surface area contributed by atoms with Gasteiger partial charge in [0.1, 0.15) is 0 Å². The van der Waals surface area contributed by atoms with Crippen molar-refractivity contribution in [2.24, 2.45) is 0 Å². The highest BCUT2D eigenvalue weighted by Gasteiger charge is 2.39. The zero-order valence-electron chi connectivity index (χ0n) is 12.9.